The lowest BCUT2D eigenvalue weighted by atomic mass is 9.82. The van der Waals surface area contributed by atoms with Crippen molar-refractivity contribution in [3.8, 4) is 6.07 Å². The summed E-state index contributed by atoms with van der Waals surface area (Å²) in [6.45, 7) is 3.09. The predicted molar refractivity (Wildman–Crippen MR) is 78.0 cm³/mol. The lowest BCUT2D eigenvalue weighted by Crippen LogP contribution is -2.41. The Bertz CT molecular complexity index is 545. The van der Waals surface area contributed by atoms with Gasteiger partial charge >= 0.3 is 0 Å². The lowest BCUT2D eigenvalue weighted by molar-refractivity contribution is 0.0660. The highest BCUT2D eigenvalue weighted by Crippen LogP contribution is 2.30. The summed E-state index contributed by atoms with van der Waals surface area (Å²) in [6, 6.07) is 6.50. The summed E-state index contributed by atoms with van der Waals surface area (Å²) in [5, 5.41) is 9.07. The average Bonchev–Trinajstić information content (AvgIpc) is 2.39. The number of rotatable bonds is 1. The molecule has 19 heavy (non-hydrogen) atoms. The van der Waals surface area contributed by atoms with Crippen molar-refractivity contribution < 1.29 is 9.18 Å². The Hall–Kier alpha value is -1.16. The molecule has 100 valence electrons. The highest BCUT2D eigenvalue weighted by molar-refractivity contribution is 14.1. The normalized spacial score (nSPS) is 17.9. The number of carbonyl (C=O) groups is 1. The third kappa shape index (κ3) is 3.06. The largest absolute Gasteiger partial charge is 0.339 e. The maximum atomic E-state index is 13.0. The number of halogens is 2. The van der Waals surface area contributed by atoms with Crippen molar-refractivity contribution in [3.63, 3.8) is 0 Å². The molecule has 0 spiro atoms. The Morgan fingerprint density at radius 3 is 2.63 bits per heavy atom. The second kappa shape index (κ2) is 5.45. The van der Waals surface area contributed by atoms with Crippen LogP contribution in [0.4, 0.5) is 4.39 Å². The zero-order valence-corrected chi connectivity index (χ0v) is 12.8. The molecule has 1 aromatic rings. The molecule has 3 nitrogen and oxygen atoms in total. The van der Waals surface area contributed by atoms with E-state index in [4.69, 9.17) is 5.26 Å². The van der Waals surface area contributed by atoms with E-state index in [-0.39, 0.29) is 17.1 Å². The zero-order valence-electron chi connectivity index (χ0n) is 10.6. The van der Waals surface area contributed by atoms with Crippen LogP contribution in [0.3, 0.4) is 0 Å². The molecule has 0 aromatic heterocycles. The van der Waals surface area contributed by atoms with Crippen molar-refractivity contribution in [2.24, 2.45) is 5.41 Å². The van der Waals surface area contributed by atoms with E-state index in [2.05, 4.69) is 6.07 Å². The molecule has 0 radical (unpaired) electrons. The number of hydrogen-bond donors (Lipinski definition) is 0. The first-order chi connectivity index (χ1) is 8.95. The van der Waals surface area contributed by atoms with Crippen LogP contribution in [0.2, 0.25) is 0 Å². The van der Waals surface area contributed by atoms with Crippen LogP contribution in [0.5, 0.6) is 0 Å². The summed E-state index contributed by atoms with van der Waals surface area (Å²) in [5.41, 5.74) is 0.203. The molecule has 5 heteroatoms. The molecule has 0 unspecified atom stereocenters. The number of piperidine rings is 1. The van der Waals surface area contributed by atoms with Gasteiger partial charge in [0.1, 0.15) is 5.82 Å². The molecule has 0 aliphatic carbocycles. The van der Waals surface area contributed by atoms with E-state index < -0.39 is 0 Å². The Morgan fingerprint density at radius 1 is 1.47 bits per heavy atom. The predicted octanol–water partition coefficient (Wildman–Crippen LogP) is 3.20. The SMILES string of the molecule is CC1(C#N)CCN(C(=O)c2ccc(F)cc2I)CC1. The second-order valence-electron chi connectivity index (χ2n) is 5.09. The number of nitriles is 1. The molecule has 0 bridgehead atoms. The van der Waals surface area contributed by atoms with Crippen molar-refractivity contribution in [1.29, 1.82) is 5.26 Å². The van der Waals surface area contributed by atoms with Gasteiger partial charge in [-0.2, -0.15) is 5.26 Å². The van der Waals surface area contributed by atoms with Crippen LogP contribution in [0.1, 0.15) is 30.1 Å². The zero-order chi connectivity index (χ0) is 14.0. The molecule has 1 saturated heterocycles. The Kier molecular flexibility index (Phi) is 4.09. The Labute approximate surface area is 125 Å². The Balaban J connectivity index is 2.12. The highest BCUT2D eigenvalue weighted by Gasteiger charge is 2.32. The van der Waals surface area contributed by atoms with Gasteiger partial charge in [-0.05, 0) is 60.6 Å². The summed E-state index contributed by atoms with van der Waals surface area (Å²) in [5.74, 6) is -0.416. The molecule has 1 amide bonds. The first-order valence-corrected chi connectivity index (χ1v) is 7.19. The standard InChI is InChI=1S/C14H14FIN2O/c1-14(9-17)4-6-18(7-5-14)13(19)11-3-2-10(15)8-12(11)16/h2-3,8H,4-7H2,1H3. The maximum Gasteiger partial charge on any atom is 0.254 e. The van der Waals surface area contributed by atoms with Gasteiger partial charge < -0.3 is 4.90 Å². The molecule has 1 aliphatic heterocycles. The number of hydrogen-bond acceptors (Lipinski definition) is 2. The van der Waals surface area contributed by atoms with E-state index in [9.17, 15) is 9.18 Å². The minimum absolute atomic E-state index is 0.0793. The van der Waals surface area contributed by atoms with Crippen LogP contribution < -0.4 is 0 Å². The lowest BCUT2D eigenvalue weighted by Gasteiger charge is -2.35. The minimum Gasteiger partial charge on any atom is -0.339 e. The summed E-state index contributed by atoms with van der Waals surface area (Å²) >= 11 is 1.97. The van der Waals surface area contributed by atoms with Gasteiger partial charge in [-0.1, -0.05) is 0 Å². The van der Waals surface area contributed by atoms with Crippen molar-refractivity contribution in [3.05, 3.63) is 33.1 Å². The molecule has 0 saturated carbocycles. The number of carbonyl (C=O) groups excluding carboxylic acids is 1. The maximum absolute atomic E-state index is 13.0. The van der Waals surface area contributed by atoms with Crippen molar-refractivity contribution in [2.75, 3.05) is 13.1 Å². The number of likely N-dealkylation sites (tertiary alicyclic amines) is 1. The van der Waals surface area contributed by atoms with E-state index in [0.29, 0.717) is 35.1 Å². The summed E-state index contributed by atoms with van der Waals surface area (Å²) in [6.07, 6.45) is 1.38. The summed E-state index contributed by atoms with van der Waals surface area (Å²) < 4.78 is 13.7. The topological polar surface area (TPSA) is 44.1 Å². The van der Waals surface area contributed by atoms with Gasteiger partial charge in [0.2, 0.25) is 0 Å². The van der Waals surface area contributed by atoms with Crippen molar-refractivity contribution in [1.82, 2.24) is 4.90 Å². The van der Waals surface area contributed by atoms with Gasteiger partial charge in [-0.3, -0.25) is 4.79 Å². The molecular formula is C14H14FIN2O. The van der Waals surface area contributed by atoms with Crippen LogP contribution in [-0.4, -0.2) is 23.9 Å². The summed E-state index contributed by atoms with van der Waals surface area (Å²) in [7, 11) is 0. The van der Waals surface area contributed by atoms with Gasteiger partial charge in [-0.15, -0.1) is 0 Å². The molecule has 1 fully saturated rings. The second-order valence-corrected chi connectivity index (χ2v) is 6.25. The monoisotopic (exact) mass is 372 g/mol. The molecule has 1 aliphatic rings. The van der Waals surface area contributed by atoms with Crippen LogP contribution >= 0.6 is 22.6 Å². The van der Waals surface area contributed by atoms with Gasteiger partial charge in [-0.25, -0.2) is 4.39 Å². The quantitative estimate of drug-likeness (QED) is 0.711. The smallest absolute Gasteiger partial charge is 0.254 e. The Morgan fingerprint density at radius 2 is 2.11 bits per heavy atom. The molecule has 0 atom stereocenters. The number of amides is 1. The molecule has 1 aromatic carbocycles. The van der Waals surface area contributed by atoms with Crippen LogP contribution in [0.15, 0.2) is 18.2 Å². The van der Waals surface area contributed by atoms with Crippen LogP contribution in [-0.2, 0) is 0 Å². The fourth-order valence-corrected chi connectivity index (χ4v) is 2.86. The van der Waals surface area contributed by atoms with Crippen molar-refractivity contribution >= 4 is 28.5 Å². The van der Waals surface area contributed by atoms with Crippen molar-refractivity contribution in [2.45, 2.75) is 19.8 Å². The third-order valence-electron chi connectivity index (χ3n) is 3.59. The first-order valence-electron chi connectivity index (χ1n) is 6.11. The fraction of sp³-hybridized carbons (Fsp3) is 0.429. The first kappa shape index (κ1) is 14.3. The van der Waals surface area contributed by atoms with E-state index in [1.54, 1.807) is 4.90 Å². The number of nitrogens with zero attached hydrogens (tertiary/aromatic N) is 2. The van der Waals surface area contributed by atoms with Gasteiger partial charge in [0.15, 0.2) is 0 Å². The van der Waals surface area contributed by atoms with Gasteiger partial charge in [0.25, 0.3) is 5.91 Å². The van der Waals surface area contributed by atoms with E-state index in [1.165, 1.54) is 18.2 Å². The molecule has 0 N–H and O–H groups in total. The van der Waals surface area contributed by atoms with Gasteiger partial charge in [0, 0.05) is 16.7 Å². The molecule has 2 rings (SSSR count). The molecular weight excluding hydrogens is 358 g/mol. The third-order valence-corrected chi connectivity index (χ3v) is 4.48. The highest BCUT2D eigenvalue weighted by atomic mass is 127. The minimum atomic E-state index is -0.336. The van der Waals surface area contributed by atoms with E-state index >= 15 is 0 Å². The average molecular weight is 372 g/mol. The van der Waals surface area contributed by atoms with Crippen LogP contribution in [0, 0.1) is 26.1 Å². The van der Waals surface area contributed by atoms with E-state index in [1.807, 2.05) is 29.5 Å². The summed E-state index contributed by atoms with van der Waals surface area (Å²) in [4.78, 5) is 14.1. The van der Waals surface area contributed by atoms with Crippen LogP contribution in [0.25, 0.3) is 0 Å². The van der Waals surface area contributed by atoms with E-state index in [0.717, 1.165) is 0 Å². The fourth-order valence-electron chi connectivity index (χ4n) is 2.15. The number of benzene rings is 1. The molecule has 1 heterocycles. The van der Waals surface area contributed by atoms with Gasteiger partial charge in [0.05, 0.1) is 17.0 Å².